The minimum Gasteiger partial charge on any atom is -0.351 e. The summed E-state index contributed by atoms with van der Waals surface area (Å²) in [6.45, 7) is 1.62. The summed E-state index contributed by atoms with van der Waals surface area (Å²) in [6, 6.07) is 4.28. The number of amides is 1. The van der Waals surface area contributed by atoms with E-state index in [-0.39, 0.29) is 17.1 Å². The Labute approximate surface area is 133 Å². The summed E-state index contributed by atoms with van der Waals surface area (Å²) in [4.78, 5) is 15.9. The molecule has 1 amide bonds. The number of aromatic nitrogens is 4. The zero-order valence-corrected chi connectivity index (χ0v) is 12.2. The maximum Gasteiger partial charge on any atom is 0.416 e. The Morgan fingerprint density at radius 2 is 2.08 bits per heavy atom. The van der Waals surface area contributed by atoms with Gasteiger partial charge in [0.15, 0.2) is 0 Å². The summed E-state index contributed by atoms with van der Waals surface area (Å²) in [7, 11) is 0. The Balaban J connectivity index is 2.01. The molecule has 0 spiro atoms. The monoisotopic (exact) mass is 337 g/mol. The molecule has 0 radical (unpaired) electrons. The molecular formula is C14H10F3N5O2. The number of anilines is 1. The van der Waals surface area contributed by atoms with Crippen LogP contribution in [-0.2, 0) is 6.18 Å². The Bertz CT molecular complexity index is 871. The van der Waals surface area contributed by atoms with Crippen molar-refractivity contribution in [2.24, 2.45) is 0 Å². The van der Waals surface area contributed by atoms with Crippen molar-refractivity contribution in [1.82, 2.24) is 19.9 Å². The van der Waals surface area contributed by atoms with Gasteiger partial charge in [0.05, 0.1) is 22.6 Å². The molecule has 7 nitrogen and oxygen atoms in total. The molecule has 2 heterocycles. The first-order chi connectivity index (χ1) is 11.3. The van der Waals surface area contributed by atoms with Crippen LogP contribution >= 0.6 is 0 Å². The van der Waals surface area contributed by atoms with Crippen LogP contribution in [0.5, 0.6) is 0 Å². The quantitative estimate of drug-likeness (QED) is 0.794. The maximum atomic E-state index is 12.9. The standard InChI is InChI=1S/C14H10F3N5O2/c1-8-4-12(24-21-8)13(23)20-10-5-9(14(15,16)17)2-3-11(10)22-7-18-6-19-22/h2-7H,1H3,(H,20,23). The van der Waals surface area contributed by atoms with Gasteiger partial charge in [-0.3, -0.25) is 4.79 Å². The van der Waals surface area contributed by atoms with Gasteiger partial charge < -0.3 is 9.84 Å². The summed E-state index contributed by atoms with van der Waals surface area (Å²) < 4.78 is 44.8. The second-order valence-corrected chi connectivity index (χ2v) is 4.86. The fraction of sp³-hybridized carbons (Fsp3) is 0.143. The number of hydrogen-bond acceptors (Lipinski definition) is 5. The highest BCUT2D eigenvalue weighted by Crippen LogP contribution is 2.33. The highest BCUT2D eigenvalue weighted by atomic mass is 19.4. The lowest BCUT2D eigenvalue weighted by molar-refractivity contribution is -0.137. The molecule has 3 rings (SSSR count). The Morgan fingerprint density at radius 1 is 1.29 bits per heavy atom. The first-order valence-electron chi connectivity index (χ1n) is 6.65. The largest absolute Gasteiger partial charge is 0.416 e. The summed E-state index contributed by atoms with van der Waals surface area (Å²) in [5.41, 5.74) is -0.296. The number of aryl methyl sites for hydroxylation is 1. The van der Waals surface area contributed by atoms with Crippen LogP contribution in [-0.4, -0.2) is 25.8 Å². The third-order valence-corrected chi connectivity index (χ3v) is 3.09. The fourth-order valence-electron chi connectivity index (χ4n) is 2.00. The zero-order chi connectivity index (χ0) is 17.3. The van der Waals surface area contributed by atoms with Crippen molar-refractivity contribution in [1.29, 1.82) is 0 Å². The van der Waals surface area contributed by atoms with E-state index in [9.17, 15) is 18.0 Å². The first kappa shape index (κ1) is 15.7. The molecule has 24 heavy (non-hydrogen) atoms. The first-order valence-corrected chi connectivity index (χ1v) is 6.65. The zero-order valence-electron chi connectivity index (χ0n) is 12.2. The van der Waals surface area contributed by atoms with Gasteiger partial charge in [0, 0.05) is 6.07 Å². The molecular weight excluding hydrogens is 327 g/mol. The van der Waals surface area contributed by atoms with Crippen LogP contribution in [0.3, 0.4) is 0 Å². The van der Waals surface area contributed by atoms with Gasteiger partial charge in [-0.25, -0.2) is 9.67 Å². The molecule has 0 bridgehead atoms. The molecule has 0 unspecified atom stereocenters. The average molecular weight is 337 g/mol. The minimum absolute atomic E-state index is 0.0885. The molecule has 10 heteroatoms. The number of hydrogen-bond donors (Lipinski definition) is 1. The normalized spacial score (nSPS) is 11.5. The van der Waals surface area contributed by atoms with E-state index >= 15 is 0 Å². The molecule has 1 aromatic carbocycles. The number of rotatable bonds is 3. The molecule has 2 aromatic heterocycles. The van der Waals surface area contributed by atoms with Crippen molar-refractivity contribution >= 4 is 11.6 Å². The molecule has 0 saturated heterocycles. The third kappa shape index (κ3) is 3.12. The van der Waals surface area contributed by atoms with E-state index in [1.54, 1.807) is 6.92 Å². The number of carbonyl (C=O) groups is 1. The molecule has 124 valence electrons. The van der Waals surface area contributed by atoms with E-state index in [2.05, 4.69) is 20.6 Å². The van der Waals surface area contributed by atoms with Crippen molar-refractivity contribution in [2.45, 2.75) is 13.1 Å². The average Bonchev–Trinajstić information content (AvgIpc) is 3.17. The second-order valence-electron chi connectivity index (χ2n) is 4.86. The number of alkyl halides is 3. The number of nitrogens with zero attached hydrogens (tertiary/aromatic N) is 4. The lowest BCUT2D eigenvalue weighted by atomic mass is 10.1. The summed E-state index contributed by atoms with van der Waals surface area (Å²) in [6.07, 6.45) is -2.02. The van der Waals surface area contributed by atoms with E-state index in [1.165, 1.54) is 29.5 Å². The number of halogens is 3. The van der Waals surface area contributed by atoms with Gasteiger partial charge in [0.1, 0.15) is 12.7 Å². The molecule has 3 aromatic rings. The van der Waals surface area contributed by atoms with Crippen LogP contribution in [0.25, 0.3) is 5.69 Å². The van der Waals surface area contributed by atoms with Crippen LogP contribution in [0.2, 0.25) is 0 Å². The lowest BCUT2D eigenvalue weighted by Crippen LogP contribution is -2.15. The van der Waals surface area contributed by atoms with Crippen LogP contribution in [0.15, 0.2) is 41.4 Å². The van der Waals surface area contributed by atoms with Crippen molar-refractivity contribution in [2.75, 3.05) is 5.32 Å². The number of carbonyl (C=O) groups excluding carboxylic acids is 1. The van der Waals surface area contributed by atoms with E-state index in [1.807, 2.05) is 0 Å². The molecule has 0 aliphatic heterocycles. The predicted octanol–water partition coefficient (Wildman–Crippen LogP) is 2.83. The van der Waals surface area contributed by atoms with Gasteiger partial charge in [0.2, 0.25) is 5.76 Å². The van der Waals surface area contributed by atoms with E-state index in [4.69, 9.17) is 4.52 Å². The van der Waals surface area contributed by atoms with Gasteiger partial charge in [-0.15, -0.1) is 0 Å². The van der Waals surface area contributed by atoms with E-state index < -0.39 is 17.6 Å². The van der Waals surface area contributed by atoms with Gasteiger partial charge >= 0.3 is 6.18 Å². The van der Waals surface area contributed by atoms with Gasteiger partial charge in [0.25, 0.3) is 5.91 Å². The van der Waals surface area contributed by atoms with E-state index in [0.717, 1.165) is 12.1 Å². The number of benzene rings is 1. The highest BCUT2D eigenvalue weighted by Gasteiger charge is 2.31. The van der Waals surface area contributed by atoms with Gasteiger partial charge in [-0.2, -0.15) is 18.3 Å². The van der Waals surface area contributed by atoms with Crippen LogP contribution in [0.4, 0.5) is 18.9 Å². The number of nitrogens with one attached hydrogen (secondary N) is 1. The van der Waals surface area contributed by atoms with Crippen molar-refractivity contribution < 1.29 is 22.5 Å². The third-order valence-electron chi connectivity index (χ3n) is 3.09. The Kier molecular flexibility index (Phi) is 3.80. The van der Waals surface area contributed by atoms with Gasteiger partial charge in [-0.1, -0.05) is 5.16 Å². The molecule has 0 aliphatic carbocycles. The van der Waals surface area contributed by atoms with Crippen molar-refractivity contribution in [3.63, 3.8) is 0 Å². The van der Waals surface area contributed by atoms with Crippen LogP contribution < -0.4 is 5.32 Å². The fourth-order valence-corrected chi connectivity index (χ4v) is 2.00. The summed E-state index contributed by atoms with van der Waals surface area (Å²) >= 11 is 0. The van der Waals surface area contributed by atoms with Gasteiger partial charge in [-0.05, 0) is 25.1 Å². The molecule has 0 saturated carbocycles. The molecule has 1 N–H and O–H groups in total. The van der Waals surface area contributed by atoms with Crippen LogP contribution in [0, 0.1) is 6.92 Å². The topological polar surface area (TPSA) is 85.8 Å². The molecule has 0 aliphatic rings. The van der Waals surface area contributed by atoms with Crippen LogP contribution in [0.1, 0.15) is 21.8 Å². The molecule has 0 atom stereocenters. The highest BCUT2D eigenvalue weighted by molar-refractivity contribution is 6.03. The van der Waals surface area contributed by atoms with Crippen molar-refractivity contribution in [3.05, 3.63) is 53.9 Å². The molecule has 0 fully saturated rings. The second kappa shape index (κ2) is 5.80. The van der Waals surface area contributed by atoms with Crippen molar-refractivity contribution in [3.8, 4) is 5.69 Å². The maximum absolute atomic E-state index is 12.9. The predicted molar refractivity (Wildman–Crippen MR) is 75.6 cm³/mol. The SMILES string of the molecule is Cc1cc(C(=O)Nc2cc(C(F)(F)F)ccc2-n2cncn2)on1. The lowest BCUT2D eigenvalue weighted by Gasteiger charge is -2.13. The minimum atomic E-state index is -4.55. The Morgan fingerprint density at radius 3 is 2.67 bits per heavy atom. The summed E-state index contributed by atoms with van der Waals surface area (Å²) in [5.74, 6) is -0.842. The smallest absolute Gasteiger partial charge is 0.351 e. The van der Waals surface area contributed by atoms with E-state index in [0.29, 0.717) is 5.69 Å². The summed E-state index contributed by atoms with van der Waals surface area (Å²) in [5, 5.41) is 9.81. The Hall–Kier alpha value is -3.17.